The van der Waals surface area contributed by atoms with Crippen LogP contribution in [0.15, 0.2) is 47.4 Å². The molecule has 4 nitrogen and oxygen atoms in total. The van der Waals surface area contributed by atoms with Crippen molar-refractivity contribution in [2.24, 2.45) is 0 Å². The third-order valence-electron chi connectivity index (χ3n) is 3.54. The summed E-state index contributed by atoms with van der Waals surface area (Å²) in [7, 11) is -3.61. The highest BCUT2D eigenvalue weighted by Gasteiger charge is 2.13. The summed E-state index contributed by atoms with van der Waals surface area (Å²) in [6, 6.07) is 9.47. The molecule has 0 heterocycles. The maximum atomic E-state index is 13.3. The largest absolute Gasteiger partial charge is 0.396 e. The predicted molar refractivity (Wildman–Crippen MR) is 87.9 cm³/mol. The minimum atomic E-state index is -3.61. The van der Waals surface area contributed by atoms with Crippen molar-refractivity contribution >= 4 is 10.0 Å². The average molecular weight is 355 g/mol. The molecule has 0 saturated heterocycles. The lowest BCUT2D eigenvalue weighted by molar-refractivity contribution is 0.283. The zero-order valence-electron chi connectivity index (χ0n) is 13.0. The first-order valence-corrected chi connectivity index (χ1v) is 9.08. The topological polar surface area (TPSA) is 66.4 Å². The molecule has 0 fully saturated rings. The van der Waals surface area contributed by atoms with Crippen molar-refractivity contribution in [1.82, 2.24) is 4.72 Å². The van der Waals surface area contributed by atoms with Gasteiger partial charge in [0.05, 0.1) is 4.90 Å². The number of benzene rings is 2. The molecule has 0 radical (unpaired) electrons. The zero-order chi connectivity index (χ0) is 17.6. The highest BCUT2D eigenvalue weighted by Crippen LogP contribution is 2.23. The van der Waals surface area contributed by atoms with Gasteiger partial charge in [0.2, 0.25) is 10.0 Å². The van der Waals surface area contributed by atoms with E-state index in [9.17, 15) is 17.2 Å². The van der Waals surface area contributed by atoms with Gasteiger partial charge in [-0.05, 0) is 54.7 Å². The van der Waals surface area contributed by atoms with E-state index in [0.29, 0.717) is 30.5 Å². The van der Waals surface area contributed by atoms with Gasteiger partial charge in [0.1, 0.15) is 0 Å². The van der Waals surface area contributed by atoms with Crippen LogP contribution in [0.1, 0.15) is 19.3 Å². The summed E-state index contributed by atoms with van der Waals surface area (Å²) in [5, 5.41) is 8.67. The summed E-state index contributed by atoms with van der Waals surface area (Å²) in [6.07, 6.45) is 2.03. The van der Waals surface area contributed by atoms with Crippen LogP contribution in [0, 0.1) is 11.6 Å². The van der Waals surface area contributed by atoms with E-state index < -0.39 is 21.7 Å². The van der Waals surface area contributed by atoms with E-state index in [-0.39, 0.29) is 11.5 Å². The molecule has 2 N–H and O–H groups in total. The van der Waals surface area contributed by atoms with Crippen LogP contribution in [-0.2, 0) is 10.0 Å². The second-order valence-electron chi connectivity index (χ2n) is 5.34. The van der Waals surface area contributed by atoms with E-state index in [1.54, 1.807) is 12.1 Å². The molecule has 0 aliphatic rings. The van der Waals surface area contributed by atoms with Gasteiger partial charge in [-0.15, -0.1) is 0 Å². The molecular formula is C17H19F2NO3S. The smallest absolute Gasteiger partial charge is 0.240 e. The maximum absolute atomic E-state index is 13.3. The molecule has 0 saturated carbocycles. The molecule has 0 spiro atoms. The van der Waals surface area contributed by atoms with E-state index in [2.05, 4.69) is 4.72 Å². The van der Waals surface area contributed by atoms with Crippen molar-refractivity contribution in [3.8, 4) is 11.1 Å². The Bertz CT molecular complexity index is 777. The summed E-state index contributed by atoms with van der Waals surface area (Å²) in [6.45, 7) is 0.394. The molecule has 0 atom stereocenters. The Morgan fingerprint density at radius 3 is 2.17 bits per heavy atom. The monoisotopic (exact) mass is 355 g/mol. The molecule has 0 aliphatic heterocycles. The standard InChI is InChI=1S/C17H19F2NO3S/c18-16-9-6-14(12-17(16)19)13-4-7-15(8-5-13)24(22,23)20-10-2-1-3-11-21/h4-9,12,20-21H,1-3,10-11H2. The number of unbranched alkanes of at least 4 members (excludes halogenated alkanes) is 2. The molecule has 7 heteroatoms. The minimum Gasteiger partial charge on any atom is -0.396 e. The highest BCUT2D eigenvalue weighted by atomic mass is 32.2. The number of nitrogens with one attached hydrogen (secondary N) is 1. The Hall–Kier alpha value is -1.83. The van der Waals surface area contributed by atoms with Crippen LogP contribution < -0.4 is 4.72 Å². The Balaban J connectivity index is 2.06. The number of aliphatic hydroxyl groups excluding tert-OH is 1. The Labute approximate surface area is 140 Å². The summed E-state index contributed by atoms with van der Waals surface area (Å²) in [5.41, 5.74) is 1.06. The van der Waals surface area contributed by atoms with E-state index in [1.807, 2.05) is 0 Å². The molecule has 130 valence electrons. The summed E-state index contributed by atoms with van der Waals surface area (Å²) in [4.78, 5) is 0.107. The van der Waals surface area contributed by atoms with E-state index >= 15 is 0 Å². The third kappa shape index (κ3) is 4.83. The first kappa shape index (κ1) is 18.5. The zero-order valence-corrected chi connectivity index (χ0v) is 13.8. The van der Waals surface area contributed by atoms with Crippen LogP contribution in [0.5, 0.6) is 0 Å². The fourth-order valence-corrected chi connectivity index (χ4v) is 3.28. The van der Waals surface area contributed by atoms with Crippen molar-refractivity contribution < 1.29 is 22.3 Å². The Kier molecular flexibility index (Phi) is 6.42. The fraction of sp³-hybridized carbons (Fsp3) is 0.294. The molecular weight excluding hydrogens is 336 g/mol. The number of rotatable bonds is 8. The predicted octanol–water partition coefficient (Wildman–Crippen LogP) is 3.07. The van der Waals surface area contributed by atoms with Crippen molar-refractivity contribution in [2.75, 3.05) is 13.2 Å². The van der Waals surface area contributed by atoms with Gasteiger partial charge in [-0.3, -0.25) is 0 Å². The number of hydrogen-bond acceptors (Lipinski definition) is 3. The molecule has 0 aliphatic carbocycles. The molecule has 0 aromatic heterocycles. The first-order chi connectivity index (χ1) is 11.4. The van der Waals surface area contributed by atoms with E-state index in [4.69, 9.17) is 5.11 Å². The normalized spacial score (nSPS) is 11.6. The minimum absolute atomic E-state index is 0.0954. The van der Waals surface area contributed by atoms with Gasteiger partial charge in [-0.2, -0.15) is 0 Å². The van der Waals surface area contributed by atoms with Crippen LogP contribution in [0.3, 0.4) is 0 Å². The van der Waals surface area contributed by atoms with Crippen molar-refractivity contribution in [3.63, 3.8) is 0 Å². The summed E-state index contributed by atoms with van der Waals surface area (Å²) in [5.74, 6) is -1.88. The highest BCUT2D eigenvalue weighted by molar-refractivity contribution is 7.89. The van der Waals surface area contributed by atoms with Crippen LogP contribution in [0.2, 0.25) is 0 Å². The lowest BCUT2D eigenvalue weighted by Gasteiger charge is -2.08. The van der Waals surface area contributed by atoms with Crippen LogP contribution in [0.4, 0.5) is 8.78 Å². The number of sulfonamides is 1. The lowest BCUT2D eigenvalue weighted by atomic mass is 10.1. The number of hydrogen-bond donors (Lipinski definition) is 2. The average Bonchev–Trinajstić information content (AvgIpc) is 2.57. The van der Waals surface area contributed by atoms with E-state index in [0.717, 1.165) is 18.6 Å². The molecule has 2 aromatic rings. The van der Waals surface area contributed by atoms with Gasteiger partial charge in [-0.25, -0.2) is 21.9 Å². The Morgan fingerprint density at radius 1 is 0.875 bits per heavy atom. The second kappa shape index (κ2) is 8.32. The van der Waals surface area contributed by atoms with Crippen molar-refractivity contribution in [2.45, 2.75) is 24.2 Å². The van der Waals surface area contributed by atoms with Gasteiger partial charge in [0.15, 0.2) is 11.6 Å². The molecule has 0 unspecified atom stereocenters. The number of halogens is 2. The third-order valence-corrected chi connectivity index (χ3v) is 5.02. The van der Waals surface area contributed by atoms with Crippen LogP contribution in [0.25, 0.3) is 11.1 Å². The maximum Gasteiger partial charge on any atom is 0.240 e. The second-order valence-corrected chi connectivity index (χ2v) is 7.10. The van der Waals surface area contributed by atoms with Crippen LogP contribution in [-0.4, -0.2) is 26.7 Å². The van der Waals surface area contributed by atoms with Gasteiger partial charge in [0, 0.05) is 13.2 Å². The van der Waals surface area contributed by atoms with Gasteiger partial charge in [0.25, 0.3) is 0 Å². The fourth-order valence-electron chi connectivity index (χ4n) is 2.21. The van der Waals surface area contributed by atoms with Crippen LogP contribution >= 0.6 is 0 Å². The van der Waals surface area contributed by atoms with Crippen molar-refractivity contribution in [1.29, 1.82) is 0 Å². The Morgan fingerprint density at radius 2 is 1.54 bits per heavy atom. The molecule has 2 rings (SSSR count). The summed E-state index contributed by atoms with van der Waals surface area (Å²) >= 11 is 0. The molecule has 24 heavy (non-hydrogen) atoms. The SMILES string of the molecule is O=S(=O)(NCCCCCO)c1ccc(-c2ccc(F)c(F)c2)cc1. The van der Waals surface area contributed by atoms with Gasteiger partial charge < -0.3 is 5.11 Å². The first-order valence-electron chi connectivity index (χ1n) is 7.60. The quantitative estimate of drug-likeness (QED) is 0.715. The molecule has 0 bridgehead atoms. The van der Waals surface area contributed by atoms with Crippen molar-refractivity contribution in [3.05, 3.63) is 54.1 Å². The number of aliphatic hydroxyl groups is 1. The lowest BCUT2D eigenvalue weighted by Crippen LogP contribution is -2.24. The molecule has 0 amide bonds. The molecule has 2 aromatic carbocycles. The van der Waals surface area contributed by atoms with Gasteiger partial charge >= 0.3 is 0 Å². The van der Waals surface area contributed by atoms with E-state index in [1.165, 1.54) is 18.2 Å². The summed E-state index contributed by atoms with van der Waals surface area (Å²) < 4.78 is 53.0. The van der Waals surface area contributed by atoms with Gasteiger partial charge in [-0.1, -0.05) is 18.2 Å².